The van der Waals surface area contributed by atoms with Gasteiger partial charge in [0.2, 0.25) is 0 Å². The van der Waals surface area contributed by atoms with E-state index in [0.29, 0.717) is 29.8 Å². The molecule has 21 heavy (non-hydrogen) atoms. The molecule has 0 bridgehead atoms. The second-order valence-corrected chi connectivity index (χ2v) is 5.28. The Labute approximate surface area is 124 Å². The fourth-order valence-corrected chi connectivity index (χ4v) is 2.42. The SMILES string of the molecule is CCC(CC)(CNc1cc(C)nc(C)c1C(N)=O)C(=O)O. The molecule has 6 nitrogen and oxygen atoms in total. The minimum Gasteiger partial charge on any atom is -0.481 e. The van der Waals surface area contributed by atoms with Gasteiger partial charge in [-0.2, -0.15) is 0 Å². The molecule has 1 aromatic rings. The van der Waals surface area contributed by atoms with Gasteiger partial charge in [-0.05, 0) is 32.8 Å². The van der Waals surface area contributed by atoms with E-state index in [9.17, 15) is 14.7 Å². The van der Waals surface area contributed by atoms with Crippen LogP contribution in [-0.2, 0) is 4.79 Å². The number of pyridine rings is 1. The van der Waals surface area contributed by atoms with Gasteiger partial charge in [-0.1, -0.05) is 13.8 Å². The number of nitrogens with two attached hydrogens (primary N) is 1. The van der Waals surface area contributed by atoms with Crippen LogP contribution < -0.4 is 11.1 Å². The fraction of sp³-hybridized carbons (Fsp3) is 0.533. The van der Waals surface area contributed by atoms with Crippen LogP contribution in [0.15, 0.2) is 6.07 Å². The molecule has 0 aliphatic carbocycles. The topological polar surface area (TPSA) is 105 Å². The minimum atomic E-state index is -0.861. The highest BCUT2D eigenvalue weighted by molar-refractivity contribution is 5.99. The Morgan fingerprint density at radius 2 is 1.90 bits per heavy atom. The van der Waals surface area contributed by atoms with Gasteiger partial charge in [-0.15, -0.1) is 0 Å². The third-order valence-electron chi connectivity index (χ3n) is 4.00. The molecule has 116 valence electrons. The van der Waals surface area contributed by atoms with Crippen LogP contribution in [0.2, 0.25) is 0 Å². The van der Waals surface area contributed by atoms with Gasteiger partial charge in [0.25, 0.3) is 5.91 Å². The number of amides is 1. The highest BCUT2D eigenvalue weighted by Crippen LogP contribution is 2.28. The lowest BCUT2D eigenvalue weighted by Crippen LogP contribution is -2.37. The summed E-state index contributed by atoms with van der Waals surface area (Å²) in [5.74, 6) is -1.42. The second-order valence-electron chi connectivity index (χ2n) is 5.28. The van der Waals surface area contributed by atoms with Crippen LogP contribution in [0.1, 0.15) is 48.4 Å². The van der Waals surface area contributed by atoms with Crippen LogP contribution in [0.4, 0.5) is 5.69 Å². The van der Waals surface area contributed by atoms with Crippen molar-refractivity contribution < 1.29 is 14.7 Å². The van der Waals surface area contributed by atoms with E-state index < -0.39 is 17.3 Å². The van der Waals surface area contributed by atoms with Crippen molar-refractivity contribution in [2.24, 2.45) is 11.1 Å². The van der Waals surface area contributed by atoms with E-state index in [-0.39, 0.29) is 6.54 Å². The molecule has 0 atom stereocenters. The molecular weight excluding hydrogens is 270 g/mol. The number of aryl methyl sites for hydroxylation is 2. The predicted octanol–water partition coefficient (Wildman–Crippen LogP) is 2.10. The standard InChI is InChI=1S/C15H23N3O3/c1-5-15(6-2,14(20)21)8-17-11-7-9(3)18-10(4)12(11)13(16)19/h7H,5-6,8H2,1-4H3,(H2,16,19)(H,17,18)(H,20,21). The first-order chi connectivity index (χ1) is 9.77. The Morgan fingerprint density at radius 3 is 2.33 bits per heavy atom. The number of hydrogen-bond acceptors (Lipinski definition) is 4. The Bertz CT molecular complexity index is 551. The molecule has 1 heterocycles. The molecular formula is C15H23N3O3. The lowest BCUT2D eigenvalue weighted by atomic mass is 9.82. The van der Waals surface area contributed by atoms with Gasteiger partial charge in [0.15, 0.2) is 0 Å². The summed E-state index contributed by atoms with van der Waals surface area (Å²) in [4.78, 5) is 27.3. The average Bonchev–Trinajstić information content (AvgIpc) is 2.38. The van der Waals surface area contributed by atoms with Crippen molar-refractivity contribution in [2.75, 3.05) is 11.9 Å². The van der Waals surface area contributed by atoms with E-state index in [0.717, 1.165) is 5.69 Å². The van der Waals surface area contributed by atoms with Gasteiger partial charge in [-0.25, -0.2) is 0 Å². The monoisotopic (exact) mass is 293 g/mol. The van der Waals surface area contributed by atoms with Crippen LogP contribution >= 0.6 is 0 Å². The summed E-state index contributed by atoms with van der Waals surface area (Å²) in [6.45, 7) is 7.45. The summed E-state index contributed by atoms with van der Waals surface area (Å²) in [7, 11) is 0. The average molecular weight is 293 g/mol. The van der Waals surface area contributed by atoms with Gasteiger partial charge < -0.3 is 16.2 Å². The van der Waals surface area contributed by atoms with Crippen LogP contribution in [0.25, 0.3) is 0 Å². The van der Waals surface area contributed by atoms with E-state index >= 15 is 0 Å². The number of rotatable bonds is 7. The quantitative estimate of drug-likeness (QED) is 0.714. The van der Waals surface area contributed by atoms with E-state index in [1.165, 1.54) is 0 Å². The smallest absolute Gasteiger partial charge is 0.311 e. The Hall–Kier alpha value is -2.11. The third-order valence-corrected chi connectivity index (χ3v) is 4.00. The number of nitrogens with zero attached hydrogens (tertiary/aromatic N) is 1. The zero-order chi connectivity index (χ0) is 16.2. The lowest BCUT2D eigenvalue weighted by Gasteiger charge is -2.28. The number of carboxylic acid groups (broad SMARTS) is 1. The molecule has 0 aliphatic rings. The largest absolute Gasteiger partial charge is 0.481 e. The first kappa shape index (κ1) is 16.9. The van der Waals surface area contributed by atoms with Gasteiger partial charge in [0.05, 0.1) is 22.4 Å². The van der Waals surface area contributed by atoms with Crippen LogP contribution in [0.5, 0.6) is 0 Å². The van der Waals surface area contributed by atoms with Crippen molar-refractivity contribution in [3.8, 4) is 0 Å². The second kappa shape index (κ2) is 6.56. The molecule has 0 aromatic carbocycles. The summed E-state index contributed by atoms with van der Waals surface area (Å²) in [6, 6.07) is 1.71. The van der Waals surface area contributed by atoms with Gasteiger partial charge in [0, 0.05) is 12.2 Å². The zero-order valence-corrected chi connectivity index (χ0v) is 13.0. The number of aromatic nitrogens is 1. The highest BCUT2D eigenvalue weighted by Gasteiger charge is 2.34. The molecule has 0 radical (unpaired) electrons. The molecule has 0 unspecified atom stereocenters. The van der Waals surface area contributed by atoms with Crippen molar-refractivity contribution in [1.29, 1.82) is 0 Å². The molecule has 6 heteroatoms. The summed E-state index contributed by atoms with van der Waals surface area (Å²) in [5.41, 5.74) is 6.67. The van der Waals surface area contributed by atoms with Gasteiger partial charge in [-0.3, -0.25) is 14.6 Å². The van der Waals surface area contributed by atoms with Crippen LogP contribution in [0, 0.1) is 19.3 Å². The van der Waals surface area contributed by atoms with E-state index in [1.54, 1.807) is 13.0 Å². The maximum Gasteiger partial charge on any atom is 0.311 e. The van der Waals surface area contributed by atoms with Crippen molar-refractivity contribution >= 4 is 17.6 Å². The Balaban J connectivity index is 3.13. The molecule has 0 saturated heterocycles. The van der Waals surface area contributed by atoms with Gasteiger partial charge >= 0.3 is 5.97 Å². The number of hydrogen-bond donors (Lipinski definition) is 3. The van der Waals surface area contributed by atoms with E-state index in [4.69, 9.17) is 5.73 Å². The summed E-state index contributed by atoms with van der Waals surface area (Å²) in [5, 5.41) is 12.5. The molecule has 0 spiro atoms. The number of carbonyl (C=O) groups excluding carboxylic acids is 1. The number of nitrogens with one attached hydrogen (secondary N) is 1. The number of carbonyl (C=O) groups is 2. The first-order valence-corrected chi connectivity index (χ1v) is 7.02. The van der Waals surface area contributed by atoms with E-state index in [2.05, 4.69) is 10.3 Å². The molecule has 0 aliphatic heterocycles. The molecule has 0 fully saturated rings. The third kappa shape index (κ3) is 3.51. The number of anilines is 1. The number of carboxylic acids is 1. The van der Waals surface area contributed by atoms with Crippen molar-refractivity contribution in [3.05, 3.63) is 23.0 Å². The van der Waals surface area contributed by atoms with Crippen molar-refractivity contribution in [1.82, 2.24) is 4.98 Å². The Kier molecular flexibility index (Phi) is 5.29. The van der Waals surface area contributed by atoms with Crippen LogP contribution in [-0.4, -0.2) is 28.5 Å². The minimum absolute atomic E-state index is 0.235. The van der Waals surface area contributed by atoms with Crippen LogP contribution in [0.3, 0.4) is 0 Å². The molecule has 4 N–H and O–H groups in total. The fourth-order valence-electron chi connectivity index (χ4n) is 2.42. The maximum absolute atomic E-state index is 11.6. The Morgan fingerprint density at radius 1 is 1.33 bits per heavy atom. The lowest BCUT2D eigenvalue weighted by molar-refractivity contribution is -0.148. The van der Waals surface area contributed by atoms with Gasteiger partial charge in [0.1, 0.15) is 0 Å². The normalized spacial score (nSPS) is 11.2. The molecule has 1 rings (SSSR count). The zero-order valence-electron chi connectivity index (χ0n) is 13.0. The predicted molar refractivity (Wildman–Crippen MR) is 81.4 cm³/mol. The summed E-state index contributed by atoms with van der Waals surface area (Å²) >= 11 is 0. The number of aliphatic carboxylic acids is 1. The highest BCUT2D eigenvalue weighted by atomic mass is 16.4. The molecule has 0 saturated carbocycles. The maximum atomic E-state index is 11.6. The number of primary amides is 1. The van der Waals surface area contributed by atoms with Crippen molar-refractivity contribution in [3.63, 3.8) is 0 Å². The first-order valence-electron chi connectivity index (χ1n) is 7.02. The summed E-state index contributed by atoms with van der Waals surface area (Å²) in [6.07, 6.45) is 1.00. The van der Waals surface area contributed by atoms with Crippen molar-refractivity contribution in [2.45, 2.75) is 40.5 Å². The van der Waals surface area contributed by atoms with E-state index in [1.807, 2.05) is 20.8 Å². The molecule has 1 amide bonds. The summed E-state index contributed by atoms with van der Waals surface area (Å²) < 4.78 is 0. The molecule has 1 aromatic heterocycles.